The molecular weight excluding hydrogens is 318 g/mol. The Hall–Kier alpha value is -3.22. The third-order valence-corrected chi connectivity index (χ3v) is 3.53. The van der Waals surface area contributed by atoms with Crippen LogP contribution in [0.4, 0.5) is 5.95 Å². The van der Waals surface area contributed by atoms with Crippen LogP contribution < -0.4 is 5.32 Å². The van der Waals surface area contributed by atoms with E-state index in [1.165, 1.54) is 12.4 Å². The zero-order valence-corrected chi connectivity index (χ0v) is 13.9. The minimum absolute atomic E-state index is 0.176. The topological polar surface area (TPSA) is 84.2 Å². The predicted molar refractivity (Wildman–Crippen MR) is 92.7 cm³/mol. The Balaban J connectivity index is 1.80. The molecule has 7 heteroatoms. The third kappa shape index (κ3) is 4.41. The van der Waals surface area contributed by atoms with Crippen molar-refractivity contribution in [1.29, 1.82) is 0 Å². The van der Waals surface area contributed by atoms with Gasteiger partial charge in [-0.05, 0) is 31.2 Å². The first kappa shape index (κ1) is 16.6. The van der Waals surface area contributed by atoms with Gasteiger partial charge in [-0.15, -0.1) is 0 Å². The number of carbonyl (C=O) groups excluding carboxylic acids is 1. The van der Waals surface area contributed by atoms with Crippen LogP contribution in [-0.2, 0) is 13.1 Å². The lowest BCUT2D eigenvalue weighted by Crippen LogP contribution is -2.30. The van der Waals surface area contributed by atoms with Crippen LogP contribution >= 0.6 is 0 Å². The second-order valence-electron chi connectivity index (χ2n) is 5.39. The Morgan fingerprint density at radius 1 is 1.12 bits per heavy atom. The average molecular weight is 337 g/mol. The van der Waals surface area contributed by atoms with Crippen LogP contribution in [0.2, 0.25) is 0 Å². The Kier molecular flexibility index (Phi) is 5.36. The molecule has 0 spiro atoms. The second-order valence-corrected chi connectivity index (χ2v) is 5.39. The molecule has 0 radical (unpaired) electrons. The fourth-order valence-electron chi connectivity index (χ4n) is 2.35. The Labute approximate surface area is 145 Å². The van der Waals surface area contributed by atoms with Gasteiger partial charge in [0.15, 0.2) is 0 Å². The highest BCUT2D eigenvalue weighted by Crippen LogP contribution is 2.13. The maximum atomic E-state index is 12.9. The van der Waals surface area contributed by atoms with Crippen LogP contribution in [0.25, 0.3) is 0 Å². The molecule has 128 valence electrons. The second kappa shape index (κ2) is 8.05. The molecule has 0 fully saturated rings. The molecule has 1 N–H and O–H groups in total. The molecule has 3 aromatic rings. The molecule has 7 nitrogen and oxygen atoms in total. The van der Waals surface area contributed by atoms with Crippen LogP contribution in [-0.4, -0.2) is 32.3 Å². The number of anilines is 1. The van der Waals surface area contributed by atoms with E-state index < -0.39 is 0 Å². The molecule has 0 aliphatic rings. The summed E-state index contributed by atoms with van der Waals surface area (Å²) in [5.41, 5.74) is 1.22. The summed E-state index contributed by atoms with van der Waals surface area (Å²) in [6.45, 7) is 3.39. The van der Waals surface area contributed by atoms with Gasteiger partial charge < -0.3 is 14.6 Å². The number of pyridine rings is 1. The molecule has 0 aliphatic heterocycles. The molecule has 25 heavy (non-hydrogen) atoms. The molecule has 0 unspecified atom stereocenters. The van der Waals surface area contributed by atoms with E-state index in [2.05, 4.69) is 20.3 Å². The summed E-state index contributed by atoms with van der Waals surface area (Å²) >= 11 is 0. The summed E-state index contributed by atoms with van der Waals surface area (Å²) in [6, 6.07) is 9.26. The highest BCUT2D eigenvalue weighted by Gasteiger charge is 2.19. The zero-order chi connectivity index (χ0) is 17.5. The lowest BCUT2D eigenvalue weighted by molar-refractivity contribution is 0.0714. The number of furan rings is 1. The van der Waals surface area contributed by atoms with Gasteiger partial charge in [0, 0.05) is 25.1 Å². The molecule has 0 atom stereocenters. The lowest BCUT2D eigenvalue weighted by atomic mass is 10.2. The van der Waals surface area contributed by atoms with E-state index in [1.54, 1.807) is 23.4 Å². The van der Waals surface area contributed by atoms with E-state index in [4.69, 9.17) is 4.42 Å². The van der Waals surface area contributed by atoms with Gasteiger partial charge in [0.05, 0.1) is 30.6 Å². The van der Waals surface area contributed by atoms with Gasteiger partial charge in [-0.25, -0.2) is 9.97 Å². The normalized spacial score (nSPS) is 10.4. The van der Waals surface area contributed by atoms with E-state index in [1.807, 2.05) is 31.2 Å². The molecule has 3 rings (SSSR count). The van der Waals surface area contributed by atoms with Crippen molar-refractivity contribution >= 4 is 11.9 Å². The summed E-state index contributed by atoms with van der Waals surface area (Å²) in [7, 11) is 0. The largest absolute Gasteiger partial charge is 0.467 e. The lowest BCUT2D eigenvalue weighted by Gasteiger charge is -2.21. The van der Waals surface area contributed by atoms with Crippen LogP contribution in [0.5, 0.6) is 0 Å². The number of nitrogens with one attached hydrogen (secondary N) is 1. The Bertz CT molecular complexity index is 788. The maximum absolute atomic E-state index is 12.9. The number of rotatable bonds is 7. The van der Waals surface area contributed by atoms with Gasteiger partial charge in [-0.1, -0.05) is 6.07 Å². The summed E-state index contributed by atoms with van der Waals surface area (Å²) in [5, 5.41) is 3.01. The molecule has 0 saturated heterocycles. The van der Waals surface area contributed by atoms with Crippen molar-refractivity contribution in [3.8, 4) is 0 Å². The van der Waals surface area contributed by atoms with Gasteiger partial charge in [-0.3, -0.25) is 9.78 Å². The number of hydrogen-bond acceptors (Lipinski definition) is 6. The number of carbonyl (C=O) groups is 1. The van der Waals surface area contributed by atoms with Gasteiger partial charge in [0.25, 0.3) is 5.91 Å². The third-order valence-electron chi connectivity index (χ3n) is 3.53. The predicted octanol–water partition coefficient (Wildman–Crippen LogP) is 2.74. The zero-order valence-electron chi connectivity index (χ0n) is 13.9. The molecule has 3 heterocycles. The number of amides is 1. The Morgan fingerprint density at radius 3 is 2.60 bits per heavy atom. The van der Waals surface area contributed by atoms with Crippen molar-refractivity contribution in [2.45, 2.75) is 20.0 Å². The summed E-state index contributed by atoms with van der Waals surface area (Å²) in [5.74, 6) is 1.03. The van der Waals surface area contributed by atoms with E-state index in [-0.39, 0.29) is 5.91 Å². The fraction of sp³-hybridized carbons (Fsp3) is 0.222. The standard InChI is InChI=1S/C18H19N5O2/c1-2-19-18-21-10-14(11-22-18)17(24)23(13-16-7-5-9-25-16)12-15-6-3-4-8-20-15/h3-11H,2,12-13H2,1H3,(H,19,21,22). The first-order valence-electron chi connectivity index (χ1n) is 8.03. The van der Waals surface area contributed by atoms with Crippen molar-refractivity contribution in [3.05, 3.63) is 72.2 Å². The van der Waals surface area contributed by atoms with Crippen molar-refractivity contribution in [2.75, 3.05) is 11.9 Å². The summed E-state index contributed by atoms with van der Waals surface area (Å²) < 4.78 is 5.38. The smallest absolute Gasteiger partial charge is 0.257 e. The number of hydrogen-bond donors (Lipinski definition) is 1. The SMILES string of the molecule is CCNc1ncc(C(=O)N(Cc2ccccn2)Cc2ccco2)cn1. The van der Waals surface area contributed by atoms with E-state index in [9.17, 15) is 4.79 Å². The molecule has 3 aromatic heterocycles. The van der Waals surface area contributed by atoms with Gasteiger partial charge in [0.2, 0.25) is 5.95 Å². The number of aromatic nitrogens is 3. The monoisotopic (exact) mass is 337 g/mol. The van der Waals surface area contributed by atoms with Crippen LogP contribution in [0, 0.1) is 0 Å². The van der Waals surface area contributed by atoms with Gasteiger partial charge in [0.1, 0.15) is 5.76 Å². The molecule has 0 aromatic carbocycles. The number of nitrogens with zero attached hydrogens (tertiary/aromatic N) is 4. The van der Waals surface area contributed by atoms with E-state index in [0.29, 0.717) is 30.4 Å². The summed E-state index contributed by atoms with van der Waals surface area (Å²) in [4.78, 5) is 27.2. The maximum Gasteiger partial charge on any atom is 0.257 e. The molecule has 1 amide bonds. The Morgan fingerprint density at radius 2 is 1.96 bits per heavy atom. The minimum Gasteiger partial charge on any atom is -0.467 e. The average Bonchev–Trinajstić information content (AvgIpc) is 3.15. The van der Waals surface area contributed by atoms with Gasteiger partial charge >= 0.3 is 0 Å². The van der Waals surface area contributed by atoms with E-state index in [0.717, 1.165) is 12.2 Å². The van der Waals surface area contributed by atoms with Crippen LogP contribution in [0.1, 0.15) is 28.7 Å². The molecule has 0 aliphatic carbocycles. The first-order chi connectivity index (χ1) is 12.3. The van der Waals surface area contributed by atoms with Crippen molar-refractivity contribution in [2.24, 2.45) is 0 Å². The quantitative estimate of drug-likeness (QED) is 0.713. The highest BCUT2D eigenvalue weighted by molar-refractivity contribution is 5.93. The van der Waals surface area contributed by atoms with E-state index >= 15 is 0 Å². The van der Waals surface area contributed by atoms with Crippen LogP contribution in [0.15, 0.2) is 59.6 Å². The first-order valence-corrected chi connectivity index (χ1v) is 8.03. The van der Waals surface area contributed by atoms with Crippen LogP contribution in [0.3, 0.4) is 0 Å². The van der Waals surface area contributed by atoms with Crippen molar-refractivity contribution in [3.63, 3.8) is 0 Å². The minimum atomic E-state index is -0.176. The molecule has 0 bridgehead atoms. The fourth-order valence-corrected chi connectivity index (χ4v) is 2.35. The summed E-state index contributed by atoms with van der Waals surface area (Å²) in [6.07, 6.45) is 6.36. The van der Waals surface area contributed by atoms with Gasteiger partial charge in [-0.2, -0.15) is 0 Å². The molecule has 0 saturated carbocycles. The molecular formula is C18H19N5O2. The van der Waals surface area contributed by atoms with Crippen molar-refractivity contribution < 1.29 is 9.21 Å². The van der Waals surface area contributed by atoms with Crippen molar-refractivity contribution in [1.82, 2.24) is 19.9 Å². The highest BCUT2D eigenvalue weighted by atomic mass is 16.3.